The summed E-state index contributed by atoms with van der Waals surface area (Å²) < 4.78 is 3.17. The Bertz CT molecular complexity index is 861. The maximum atomic E-state index is 12.0. The van der Waals surface area contributed by atoms with E-state index < -0.39 is 0 Å². The Morgan fingerprint density at radius 3 is 2.76 bits per heavy atom. The van der Waals surface area contributed by atoms with E-state index in [1.54, 1.807) is 34.8 Å². The van der Waals surface area contributed by atoms with E-state index in [0.717, 1.165) is 16.6 Å². The van der Waals surface area contributed by atoms with Gasteiger partial charge in [-0.1, -0.05) is 6.07 Å². The number of carbonyl (C=O) groups excluding carboxylic acids is 1. The molecule has 6 nitrogen and oxygen atoms in total. The highest BCUT2D eigenvalue weighted by atomic mass is 32.1. The smallest absolute Gasteiger partial charge is 0.302 e. The first-order valence-corrected chi connectivity index (χ1v) is 7.28. The van der Waals surface area contributed by atoms with Gasteiger partial charge in [-0.15, -0.1) is 11.3 Å². The van der Waals surface area contributed by atoms with Crippen LogP contribution in [0.5, 0.6) is 0 Å². The van der Waals surface area contributed by atoms with Crippen molar-refractivity contribution in [2.75, 3.05) is 5.32 Å². The lowest BCUT2D eigenvalue weighted by Gasteiger charge is -2.03. The molecule has 0 radical (unpaired) electrons. The molecule has 2 heterocycles. The summed E-state index contributed by atoms with van der Waals surface area (Å²) in [6, 6.07) is 5.60. The van der Waals surface area contributed by atoms with Crippen molar-refractivity contribution < 1.29 is 4.79 Å². The Kier molecular flexibility index (Phi) is 3.34. The SMILES string of the molecule is Cn1c(=O)n(C)c2cc(CC(=O)Nc3nccs3)ccc21. The Morgan fingerprint density at radius 2 is 2.05 bits per heavy atom. The van der Waals surface area contributed by atoms with Gasteiger partial charge < -0.3 is 5.32 Å². The Hall–Kier alpha value is -2.41. The van der Waals surface area contributed by atoms with Gasteiger partial charge in [0.1, 0.15) is 0 Å². The summed E-state index contributed by atoms with van der Waals surface area (Å²) in [5.74, 6) is -0.120. The van der Waals surface area contributed by atoms with Gasteiger partial charge in [0, 0.05) is 25.7 Å². The normalized spacial score (nSPS) is 11.0. The third-order valence-electron chi connectivity index (χ3n) is 3.38. The number of hydrogen-bond acceptors (Lipinski definition) is 4. The fraction of sp³-hybridized carbons (Fsp3) is 0.214. The molecule has 3 rings (SSSR count). The average molecular weight is 302 g/mol. The van der Waals surface area contributed by atoms with E-state index in [4.69, 9.17) is 0 Å². The molecule has 0 saturated carbocycles. The summed E-state index contributed by atoms with van der Waals surface area (Å²) in [6.45, 7) is 0. The van der Waals surface area contributed by atoms with E-state index in [1.807, 2.05) is 18.2 Å². The standard InChI is InChI=1S/C14H14N4O2S/c1-17-10-4-3-9(7-11(10)18(2)14(17)20)8-12(19)16-13-15-5-6-21-13/h3-7H,8H2,1-2H3,(H,15,16,19). The summed E-state index contributed by atoms with van der Waals surface area (Å²) in [5.41, 5.74) is 2.46. The highest BCUT2D eigenvalue weighted by Gasteiger charge is 2.10. The number of nitrogens with zero attached hydrogens (tertiary/aromatic N) is 3. The third-order valence-corrected chi connectivity index (χ3v) is 4.07. The number of fused-ring (bicyclic) bond motifs is 1. The average Bonchev–Trinajstić information content (AvgIpc) is 3.03. The van der Waals surface area contributed by atoms with Crippen LogP contribution in [0.2, 0.25) is 0 Å². The van der Waals surface area contributed by atoms with Gasteiger partial charge in [0.15, 0.2) is 5.13 Å². The van der Waals surface area contributed by atoms with Crippen molar-refractivity contribution in [2.24, 2.45) is 14.1 Å². The molecule has 1 N–H and O–H groups in total. The fourth-order valence-corrected chi connectivity index (χ4v) is 2.84. The molecule has 0 spiro atoms. The van der Waals surface area contributed by atoms with Crippen molar-refractivity contribution in [3.05, 3.63) is 45.8 Å². The van der Waals surface area contributed by atoms with Crippen LogP contribution in [0.4, 0.5) is 5.13 Å². The van der Waals surface area contributed by atoms with Crippen molar-refractivity contribution >= 4 is 33.4 Å². The van der Waals surface area contributed by atoms with Crippen LogP contribution in [-0.2, 0) is 25.3 Å². The van der Waals surface area contributed by atoms with E-state index in [1.165, 1.54) is 11.3 Å². The first kappa shape index (κ1) is 13.6. The lowest BCUT2D eigenvalue weighted by molar-refractivity contribution is -0.115. The zero-order valence-electron chi connectivity index (χ0n) is 11.7. The van der Waals surface area contributed by atoms with Crippen molar-refractivity contribution in [1.82, 2.24) is 14.1 Å². The predicted octanol–water partition coefficient (Wildman–Crippen LogP) is 1.51. The molecule has 0 aliphatic carbocycles. The van der Waals surface area contributed by atoms with E-state index in [0.29, 0.717) is 5.13 Å². The van der Waals surface area contributed by atoms with Gasteiger partial charge in [0.2, 0.25) is 5.91 Å². The quantitative estimate of drug-likeness (QED) is 0.797. The maximum absolute atomic E-state index is 12.0. The zero-order chi connectivity index (χ0) is 15.0. The Morgan fingerprint density at radius 1 is 1.29 bits per heavy atom. The molecular weight excluding hydrogens is 288 g/mol. The van der Waals surface area contributed by atoms with Crippen LogP contribution in [0.1, 0.15) is 5.56 Å². The molecule has 2 aromatic heterocycles. The van der Waals surface area contributed by atoms with Crippen LogP contribution >= 0.6 is 11.3 Å². The van der Waals surface area contributed by atoms with Crippen LogP contribution in [0.15, 0.2) is 34.6 Å². The molecule has 0 unspecified atom stereocenters. The second-order valence-electron chi connectivity index (χ2n) is 4.79. The first-order chi connectivity index (χ1) is 10.1. The maximum Gasteiger partial charge on any atom is 0.328 e. The number of aryl methyl sites for hydroxylation is 2. The number of amides is 1. The molecular formula is C14H14N4O2S. The van der Waals surface area contributed by atoms with Crippen molar-refractivity contribution in [3.8, 4) is 0 Å². The van der Waals surface area contributed by atoms with Gasteiger partial charge in [0.25, 0.3) is 0 Å². The number of hydrogen-bond donors (Lipinski definition) is 1. The van der Waals surface area contributed by atoms with Crippen LogP contribution in [0, 0.1) is 0 Å². The van der Waals surface area contributed by atoms with E-state index in [2.05, 4.69) is 10.3 Å². The van der Waals surface area contributed by atoms with Gasteiger partial charge in [-0.3, -0.25) is 13.9 Å². The van der Waals surface area contributed by atoms with E-state index in [-0.39, 0.29) is 18.0 Å². The molecule has 3 aromatic rings. The van der Waals surface area contributed by atoms with Gasteiger partial charge in [-0.25, -0.2) is 9.78 Å². The number of aromatic nitrogens is 3. The van der Waals surface area contributed by atoms with Crippen molar-refractivity contribution in [2.45, 2.75) is 6.42 Å². The van der Waals surface area contributed by atoms with Gasteiger partial charge in [-0.2, -0.15) is 0 Å². The molecule has 1 amide bonds. The summed E-state index contributed by atoms with van der Waals surface area (Å²) in [4.78, 5) is 27.8. The van der Waals surface area contributed by atoms with E-state index in [9.17, 15) is 9.59 Å². The molecule has 0 fully saturated rings. The van der Waals surface area contributed by atoms with Gasteiger partial charge >= 0.3 is 5.69 Å². The highest BCUT2D eigenvalue weighted by molar-refractivity contribution is 7.13. The minimum atomic E-state index is -0.120. The predicted molar refractivity (Wildman–Crippen MR) is 82.6 cm³/mol. The molecule has 0 atom stereocenters. The molecule has 0 aliphatic rings. The molecule has 108 valence electrons. The number of benzene rings is 1. The minimum absolute atomic E-state index is 0.0746. The molecule has 7 heteroatoms. The second kappa shape index (κ2) is 5.17. The van der Waals surface area contributed by atoms with Gasteiger partial charge in [0.05, 0.1) is 17.5 Å². The molecule has 1 aromatic carbocycles. The Balaban J connectivity index is 1.86. The van der Waals surface area contributed by atoms with Crippen molar-refractivity contribution in [3.63, 3.8) is 0 Å². The van der Waals surface area contributed by atoms with Crippen molar-refractivity contribution in [1.29, 1.82) is 0 Å². The van der Waals surface area contributed by atoms with E-state index >= 15 is 0 Å². The molecule has 0 saturated heterocycles. The summed E-state index contributed by atoms with van der Waals surface area (Å²) >= 11 is 1.38. The number of thiazole rings is 1. The van der Waals surface area contributed by atoms with Gasteiger partial charge in [-0.05, 0) is 17.7 Å². The number of carbonyl (C=O) groups is 1. The van der Waals surface area contributed by atoms with Crippen LogP contribution in [0.25, 0.3) is 11.0 Å². The lowest BCUT2D eigenvalue weighted by atomic mass is 10.1. The van der Waals surface area contributed by atoms with Crippen LogP contribution in [-0.4, -0.2) is 20.0 Å². The largest absolute Gasteiger partial charge is 0.328 e. The topological polar surface area (TPSA) is 68.9 Å². The molecule has 21 heavy (non-hydrogen) atoms. The summed E-state index contributed by atoms with van der Waals surface area (Å²) in [6.07, 6.45) is 1.89. The monoisotopic (exact) mass is 302 g/mol. The van der Waals surface area contributed by atoms with Crippen LogP contribution in [0.3, 0.4) is 0 Å². The number of imidazole rings is 1. The Labute approximate surface area is 124 Å². The highest BCUT2D eigenvalue weighted by Crippen LogP contribution is 2.16. The molecule has 0 aliphatic heterocycles. The second-order valence-corrected chi connectivity index (χ2v) is 5.68. The summed E-state index contributed by atoms with van der Waals surface area (Å²) in [5, 5.41) is 5.14. The zero-order valence-corrected chi connectivity index (χ0v) is 12.5. The lowest BCUT2D eigenvalue weighted by Crippen LogP contribution is -2.19. The number of anilines is 1. The molecule has 0 bridgehead atoms. The van der Waals surface area contributed by atoms with Crippen LogP contribution < -0.4 is 11.0 Å². The number of rotatable bonds is 3. The summed E-state index contributed by atoms with van der Waals surface area (Å²) in [7, 11) is 3.46. The fourth-order valence-electron chi connectivity index (χ4n) is 2.30. The number of nitrogens with one attached hydrogen (secondary N) is 1. The third kappa shape index (κ3) is 2.47. The first-order valence-electron chi connectivity index (χ1n) is 6.40. The minimum Gasteiger partial charge on any atom is -0.302 e.